The lowest BCUT2D eigenvalue weighted by molar-refractivity contribution is -0.183. The van der Waals surface area contributed by atoms with Crippen molar-refractivity contribution in [1.82, 2.24) is 0 Å². The van der Waals surface area contributed by atoms with Crippen molar-refractivity contribution in [2.75, 3.05) is 46.2 Å². The Morgan fingerprint density at radius 1 is 0.589 bits per heavy atom. The number of ketones is 1. The minimum absolute atomic E-state index is 0.00251. The number of carbonyl (C=O) groups is 2. The molecule has 14 aliphatic carbocycles. The molecule has 11 nitrogen and oxygen atoms in total. The van der Waals surface area contributed by atoms with Crippen LogP contribution in [0, 0.1) is 103 Å². The number of carbonyl (C=O) groups excluding carboxylic acids is 2. The molecule has 11 unspecified atom stereocenters. The van der Waals surface area contributed by atoms with Gasteiger partial charge in [-0.2, -0.15) is 8.42 Å². The second-order valence-electron chi connectivity index (χ2n) is 32.6. The van der Waals surface area contributed by atoms with E-state index in [4.69, 9.17) is 23.1 Å². The van der Waals surface area contributed by atoms with Gasteiger partial charge in [-0.15, -0.1) is 0 Å². The fourth-order valence-corrected chi connectivity index (χ4v) is 20.3. The molecule has 1 saturated heterocycles. The molecule has 0 radical (unpaired) electrons. The smallest absolute Gasteiger partial charge is 0.311 e. The molecule has 73 heavy (non-hydrogen) atoms. The van der Waals surface area contributed by atoms with Crippen LogP contribution in [-0.2, 0) is 42.8 Å². The van der Waals surface area contributed by atoms with Crippen LogP contribution in [-0.4, -0.2) is 99.7 Å². The second kappa shape index (κ2) is 20.2. The van der Waals surface area contributed by atoms with Gasteiger partial charge in [-0.05, 0) is 210 Å². The molecule has 0 aromatic carbocycles. The summed E-state index contributed by atoms with van der Waals surface area (Å²) in [5, 5.41) is 20.6. The predicted octanol–water partition coefficient (Wildman–Crippen LogP) is 11.4. The zero-order valence-corrected chi connectivity index (χ0v) is 48.6. The highest BCUT2D eigenvalue weighted by Crippen LogP contribution is 2.63. The summed E-state index contributed by atoms with van der Waals surface area (Å²) in [6.07, 6.45) is 20.6. The normalized spacial score (nSPS) is 44.6. The molecule has 11 atom stereocenters. The summed E-state index contributed by atoms with van der Waals surface area (Å²) in [6.45, 7) is 31.0. The zero-order chi connectivity index (χ0) is 53.0. The molecular weight excluding hydrogens is 941 g/mol. The third-order valence-corrected chi connectivity index (χ3v) is 21.9. The fourth-order valence-electron chi connectivity index (χ4n) is 18.4. The average molecular weight is 1040 g/mol. The molecule has 418 valence electrons. The summed E-state index contributed by atoms with van der Waals surface area (Å²) in [7, 11) is -3.37. The molecule has 1 aliphatic heterocycles. The molecule has 14 bridgehead atoms. The minimum atomic E-state index is -3.37. The Morgan fingerprint density at radius 2 is 1.05 bits per heavy atom. The van der Waals surface area contributed by atoms with Crippen molar-refractivity contribution in [2.24, 2.45) is 103 Å². The molecule has 14 saturated carbocycles. The Hall–Kier alpha value is -1.15. The first-order valence-electron chi connectivity index (χ1n) is 29.5. The van der Waals surface area contributed by atoms with E-state index >= 15 is 0 Å². The van der Waals surface area contributed by atoms with E-state index < -0.39 is 15.5 Å². The first-order chi connectivity index (χ1) is 33.7. The summed E-state index contributed by atoms with van der Waals surface area (Å²) in [6, 6.07) is 0. The molecule has 0 aromatic heterocycles. The summed E-state index contributed by atoms with van der Waals surface area (Å²) in [5.41, 5.74) is 0.984. The van der Waals surface area contributed by atoms with E-state index in [9.17, 15) is 28.2 Å². The van der Waals surface area contributed by atoms with E-state index in [1.165, 1.54) is 70.6 Å². The number of hydrogen-bond donors (Lipinski definition) is 2. The summed E-state index contributed by atoms with van der Waals surface area (Å²) in [5.74, 6) is 5.99. The Bertz CT molecular complexity index is 2040. The van der Waals surface area contributed by atoms with Crippen LogP contribution in [0.1, 0.15) is 199 Å². The SMILES string of the molecule is CC(C)(C)C(=O)OCC1C2CC3C1OS(=O)(=O)C3C2.CC(C)(C)COCC12CC3CC(C1)C(=O)C(C3)C2.CC(C)(C)COCC12CC3CC(C1)C(O)C(C3)C2.CC(C)(C)COCC12CC3CC(CC(O)(C3)C1)C2. The van der Waals surface area contributed by atoms with Crippen molar-refractivity contribution in [3.63, 3.8) is 0 Å². The fraction of sp³-hybridized carbons (Fsp3) is 0.967. The van der Waals surface area contributed by atoms with E-state index in [2.05, 4.69) is 62.3 Å². The molecule has 0 amide bonds. The maximum atomic E-state index is 12.1. The zero-order valence-electron chi connectivity index (χ0n) is 47.7. The van der Waals surface area contributed by atoms with E-state index in [0.29, 0.717) is 58.0 Å². The lowest BCUT2D eigenvalue weighted by atomic mass is 9.48. The molecule has 15 fully saturated rings. The molecular formula is C61H102O11S. The van der Waals surface area contributed by atoms with Crippen molar-refractivity contribution in [3.05, 3.63) is 0 Å². The number of aliphatic hydroxyl groups excluding tert-OH is 1. The second-order valence-corrected chi connectivity index (χ2v) is 34.3. The van der Waals surface area contributed by atoms with Gasteiger partial charge in [0.25, 0.3) is 10.1 Å². The summed E-state index contributed by atoms with van der Waals surface area (Å²) < 4.78 is 52.2. The summed E-state index contributed by atoms with van der Waals surface area (Å²) in [4.78, 5) is 23.9. The molecule has 0 aromatic rings. The summed E-state index contributed by atoms with van der Waals surface area (Å²) >= 11 is 0. The highest BCUT2D eigenvalue weighted by molar-refractivity contribution is 7.87. The van der Waals surface area contributed by atoms with Crippen molar-refractivity contribution in [3.8, 4) is 0 Å². The minimum Gasteiger partial charge on any atom is -0.465 e. The van der Waals surface area contributed by atoms with E-state index in [-0.39, 0.29) is 63.7 Å². The van der Waals surface area contributed by atoms with Gasteiger partial charge >= 0.3 is 5.97 Å². The van der Waals surface area contributed by atoms with E-state index in [0.717, 1.165) is 102 Å². The molecule has 0 spiro atoms. The Labute approximate surface area is 442 Å². The number of esters is 1. The van der Waals surface area contributed by atoms with Crippen LogP contribution in [0.25, 0.3) is 0 Å². The molecule has 2 N–H and O–H groups in total. The average Bonchev–Trinajstić information content (AvgIpc) is 3.85. The van der Waals surface area contributed by atoms with Gasteiger partial charge in [0.15, 0.2) is 0 Å². The maximum Gasteiger partial charge on any atom is 0.311 e. The van der Waals surface area contributed by atoms with Gasteiger partial charge in [0.1, 0.15) is 5.78 Å². The first kappa shape index (κ1) is 56.6. The maximum absolute atomic E-state index is 12.1. The number of ether oxygens (including phenoxy) is 4. The molecule has 15 aliphatic rings. The van der Waals surface area contributed by atoms with Gasteiger partial charge in [-0.25, -0.2) is 0 Å². The molecule has 12 heteroatoms. The van der Waals surface area contributed by atoms with Crippen molar-refractivity contribution >= 4 is 21.9 Å². The number of hydrogen-bond acceptors (Lipinski definition) is 11. The van der Waals surface area contributed by atoms with Gasteiger partial charge in [-0.1, -0.05) is 62.3 Å². The van der Waals surface area contributed by atoms with E-state index in [1.807, 2.05) is 20.8 Å². The number of Topliss-reactive ketones (excluding diaryl/α,β-unsaturated/α-hetero) is 1. The number of rotatable bonds is 11. The third kappa shape index (κ3) is 13.0. The third-order valence-electron chi connectivity index (χ3n) is 20.1. The van der Waals surface area contributed by atoms with Crippen molar-refractivity contribution in [1.29, 1.82) is 0 Å². The quantitative estimate of drug-likeness (QED) is 0.150. The largest absolute Gasteiger partial charge is 0.465 e. The van der Waals surface area contributed by atoms with Crippen LogP contribution in [0.5, 0.6) is 0 Å². The van der Waals surface area contributed by atoms with Crippen LogP contribution >= 0.6 is 0 Å². The van der Waals surface area contributed by atoms with Crippen molar-refractivity contribution < 1.29 is 51.4 Å². The van der Waals surface area contributed by atoms with Gasteiger partial charge in [0.2, 0.25) is 0 Å². The highest BCUT2D eigenvalue weighted by Gasteiger charge is 2.64. The first-order valence-corrected chi connectivity index (χ1v) is 31.0. The monoisotopic (exact) mass is 1040 g/mol. The lowest BCUT2D eigenvalue weighted by Gasteiger charge is -2.60. The Kier molecular flexibility index (Phi) is 15.6. The van der Waals surface area contributed by atoms with Crippen molar-refractivity contribution in [2.45, 2.75) is 222 Å². The van der Waals surface area contributed by atoms with Crippen LogP contribution in [0.3, 0.4) is 0 Å². The molecule has 15 rings (SSSR count). The van der Waals surface area contributed by atoms with Crippen LogP contribution in [0.4, 0.5) is 0 Å². The molecule has 1 heterocycles. The Morgan fingerprint density at radius 3 is 1.53 bits per heavy atom. The van der Waals surface area contributed by atoms with Crippen LogP contribution in [0.2, 0.25) is 0 Å². The lowest BCUT2D eigenvalue weighted by Crippen LogP contribution is -2.57. The van der Waals surface area contributed by atoms with E-state index in [1.54, 1.807) is 0 Å². The topological polar surface area (TPSA) is 155 Å². The van der Waals surface area contributed by atoms with Crippen LogP contribution < -0.4 is 0 Å². The number of fused-ring (bicyclic) bond motifs is 1. The highest BCUT2D eigenvalue weighted by atomic mass is 32.2. The van der Waals surface area contributed by atoms with Gasteiger partial charge < -0.3 is 29.2 Å². The standard InChI is InChI=1S/2C16H28O2.C16H26O2.C13H20O5S/c1-14(2,3)10-18-11-15-5-12-4-13(6-15)8-16(17,7-12)9-15;2*1-15(2,3)9-18-10-16-6-11-4-12(7-16)14(17)13(5-11)8-16;1-13(2,3)12(14)17-6-9-7-4-8-10(5-7)19(15,16)18-11(8)9/h12-13,17H,4-11H2,1-3H3;11-14,17H,4-10H2,1-3H3;11-13H,4-10H2,1-3H3;7-11H,4-6H2,1-3H3. The van der Waals surface area contributed by atoms with Gasteiger partial charge in [0, 0.05) is 23.7 Å². The van der Waals surface area contributed by atoms with Gasteiger partial charge in [0.05, 0.1) is 74.7 Å². The van der Waals surface area contributed by atoms with Crippen LogP contribution in [0.15, 0.2) is 0 Å². The number of aliphatic hydroxyl groups is 2. The predicted molar refractivity (Wildman–Crippen MR) is 284 cm³/mol. The Balaban J connectivity index is 0.000000120. The van der Waals surface area contributed by atoms with Gasteiger partial charge in [-0.3, -0.25) is 13.8 Å².